The van der Waals surface area contributed by atoms with Gasteiger partial charge in [-0.15, -0.1) is 11.3 Å². The number of fused-ring (bicyclic) bond motifs is 1. The summed E-state index contributed by atoms with van der Waals surface area (Å²) in [6.45, 7) is 4.57. The molecule has 0 amide bonds. The number of nitrogens with one attached hydrogen (secondary N) is 1. The number of Topliss-reactive ketones (excluding diaryl/α,β-unsaturated/α-hetero) is 1. The molecule has 0 aliphatic rings. The van der Waals surface area contributed by atoms with E-state index in [0.29, 0.717) is 16.4 Å². The van der Waals surface area contributed by atoms with Crippen LogP contribution < -0.4 is 10.2 Å². The van der Waals surface area contributed by atoms with E-state index >= 15 is 0 Å². The Morgan fingerprint density at radius 2 is 2.07 bits per heavy atom. The number of aryl methyl sites for hydroxylation is 1. The Bertz CT molecular complexity index is 999. The highest BCUT2D eigenvalue weighted by atomic mass is 35.5. The van der Waals surface area contributed by atoms with Gasteiger partial charge in [-0.25, -0.2) is 4.98 Å². The highest BCUT2D eigenvalue weighted by Crippen LogP contribution is 2.35. The van der Waals surface area contributed by atoms with Crippen LogP contribution in [0.15, 0.2) is 48.8 Å². The minimum Gasteiger partial charge on any atom is -0.395 e. The van der Waals surface area contributed by atoms with Gasteiger partial charge in [0.1, 0.15) is 4.83 Å². The maximum atomic E-state index is 13.1. The number of aliphatic hydroxyl groups excluding tert-OH is 1. The van der Waals surface area contributed by atoms with Crippen molar-refractivity contribution in [3.63, 3.8) is 0 Å². The van der Waals surface area contributed by atoms with E-state index < -0.39 is 0 Å². The lowest BCUT2D eigenvalue weighted by atomic mass is 10.1. The van der Waals surface area contributed by atoms with Crippen molar-refractivity contribution in [3.05, 3.63) is 64.3 Å². The average Bonchev–Trinajstić information content (AvgIpc) is 3.04. The molecule has 2 N–H and O–H groups in total. The minimum absolute atomic E-state index is 0.0293. The Balaban J connectivity index is 1.91. The summed E-state index contributed by atoms with van der Waals surface area (Å²) in [4.78, 5) is 20.9. The van der Waals surface area contributed by atoms with Crippen molar-refractivity contribution in [3.8, 4) is 0 Å². The van der Waals surface area contributed by atoms with Crippen molar-refractivity contribution in [1.82, 2.24) is 4.98 Å². The number of aliphatic hydroxyl groups is 1. The van der Waals surface area contributed by atoms with E-state index in [1.165, 1.54) is 11.3 Å². The van der Waals surface area contributed by atoms with E-state index in [2.05, 4.69) is 10.3 Å². The van der Waals surface area contributed by atoms with E-state index in [-0.39, 0.29) is 18.9 Å². The van der Waals surface area contributed by atoms with Gasteiger partial charge in [0.2, 0.25) is 0 Å². The zero-order chi connectivity index (χ0) is 20.1. The van der Waals surface area contributed by atoms with E-state index in [4.69, 9.17) is 16.7 Å². The second-order valence-electron chi connectivity index (χ2n) is 6.26. The molecule has 0 saturated carbocycles. The van der Waals surface area contributed by atoms with Gasteiger partial charge in [-0.3, -0.25) is 4.79 Å². The van der Waals surface area contributed by atoms with Crippen molar-refractivity contribution >= 4 is 50.3 Å². The molecule has 7 heteroatoms. The third kappa shape index (κ3) is 4.35. The Hall–Kier alpha value is -2.41. The van der Waals surface area contributed by atoms with Gasteiger partial charge in [0.25, 0.3) is 0 Å². The first-order valence-corrected chi connectivity index (χ1v) is 10.2. The summed E-state index contributed by atoms with van der Waals surface area (Å²) >= 11 is 7.38. The molecule has 0 bridgehead atoms. The quantitative estimate of drug-likeness (QED) is 0.513. The molecule has 0 aliphatic heterocycles. The monoisotopic (exact) mass is 415 g/mol. The largest absolute Gasteiger partial charge is 0.395 e. The SMILES string of the molecule is C/C=C\N(CC(=O)c1sc2nccc(NCCO)c2c1C)c1ccc(Cl)cc1. The number of carbonyl (C=O) groups is 1. The lowest BCUT2D eigenvalue weighted by molar-refractivity contribution is 0.100. The number of carbonyl (C=O) groups excluding carboxylic acids is 1. The van der Waals surface area contributed by atoms with Gasteiger partial charge in [-0.05, 0) is 49.7 Å². The van der Waals surface area contributed by atoms with Gasteiger partial charge in [0.05, 0.1) is 18.0 Å². The van der Waals surface area contributed by atoms with Crippen molar-refractivity contribution in [1.29, 1.82) is 0 Å². The number of nitrogens with zero attached hydrogens (tertiary/aromatic N) is 2. The molecule has 5 nitrogen and oxygen atoms in total. The molecule has 28 heavy (non-hydrogen) atoms. The number of pyridine rings is 1. The topological polar surface area (TPSA) is 65.5 Å². The van der Waals surface area contributed by atoms with Crippen molar-refractivity contribution in [2.45, 2.75) is 13.8 Å². The number of rotatable bonds is 8. The summed E-state index contributed by atoms with van der Waals surface area (Å²) in [5, 5.41) is 13.9. The molecule has 0 unspecified atom stereocenters. The number of thiophene rings is 1. The maximum Gasteiger partial charge on any atom is 0.192 e. The van der Waals surface area contributed by atoms with Crippen LogP contribution in [0.1, 0.15) is 22.2 Å². The maximum absolute atomic E-state index is 13.1. The molecule has 0 fully saturated rings. The molecule has 2 aromatic heterocycles. The van der Waals surface area contributed by atoms with Crippen molar-refractivity contribution < 1.29 is 9.90 Å². The van der Waals surface area contributed by atoms with Crippen molar-refractivity contribution in [2.24, 2.45) is 0 Å². The molecule has 146 valence electrons. The Morgan fingerprint density at radius 1 is 1.32 bits per heavy atom. The summed E-state index contributed by atoms with van der Waals surface area (Å²) in [5.41, 5.74) is 2.70. The van der Waals surface area contributed by atoms with Crippen LogP contribution in [0.25, 0.3) is 10.2 Å². The fourth-order valence-electron chi connectivity index (χ4n) is 3.04. The average molecular weight is 416 g/mol. The molecule has 1 aromatic carbocycles. The molecule has 0 radical (unpaired) electrons. The van der Waals surface area contributed by atoms with Crippen LogP contribution in [0.4, 0.5) is 11.4 Å². The first kappa shape index (κ1) is 20.3. The van der Waals surface area contributed by atoms with Crippen LogP contribution in [0.3, 0.4) is 0 Å². The van der Waals surface area contributed by atoms with Gasteiger partial charge in [-0.1, -0.05) is 17.7 Å². The molecule has 2 heterocycles. The number of allylic oxidation sites excluding steroid dienone is 1. The summed E-state index contributed by atoms with van der Waals surface area (Å²) in [6, 6.07) is 9.28. The highest BCUT2D eigenvalue weighted by molar-refractivity contribution is 7.20. The second kappa shape index (κ2) is 9.19. The van der Waals surface area contributed by atoms with Gasteiger partial charge in [0, 0.05) is 40.7 Å². The third-order valence-electron chi connectivity index (χ3n) is 4.31. The number of anilines is 2. The number of hydrogen-bond acceptors (Lipinski definition) is 6. The number of ketones is 1. The molecule has 0 saturated heterocycles. The van der Waals surface area contributed by atoms with Crippen LogP contribution in [-0.4, -0.2) is 35.6 Å². The summed E-state index contributed by atoms with van der Waals surface area (Å²) < 4.78 is 0. The highest BCUT2D eigenvalue weighted by Gasteiger charge is 2.20. The molecular weight excluding hydrogens is 394 g/mol. The van der Waals surface area contributed by atoms with E-state index in [1.807, 2.05) is 61.4 Å². The van der Waals surface area contributed by atoms with E-state index in [1.54, 1.807) is 6.20 Å². The van der Waals surface area contributed by atoms with Gasteiger partial charge >= 0.3 is 0 Å². The predicted octanol–water partition coefficient (Wildman–Crippen LogP) is 4.89. The van der Waals surface area contributed by atoms with Crippen LogP contribution >= 0.6 is 22.9 Å². The smallest absolute Gasteiger partial charge is 0.192 e. The second-order valence-corrected chi connectivity index (χ2v) is 7.69. The van der Waals surface area contributed by atoms with Crippen LogP contribution in [0.5, 0.6) is 0 Å². The lowest BCUT2D eigenvalue weighted by Gasteiger charge is -2.19. The third-order valence-corrected chi connectivity index (χ3v) is 5.81. The zero-order valence-corrected chi connectivity index (χ0v) is 17.3. The van der Waals surface area contributed by atoms with Gasteiger partial charge in [0.15, 0.2) is 5.78 Å². The molecule has 0 aliphatic carbocycles. The molecule has 3 rings (SSSR count). The van der Waals surface area contributed by atoms with Crippen LogP contribution in [-0.2, 0) is 0 Å². The minimum atomic E-state index is 0.0293. The molecule has 0 spiro atoms. The number of halogens is 1. The fraction of sp³-hybridized carbons (Fsp3) is 0.238. The predicted molar refractivity (Wildman–Crippen MR) is 118 cm³/mol. The molecular formula is C21H22ClN3O2S. The van der Waals surface area contributed by atoms with E-state index in [0.717, 1.165) is 27.2 Å². The number of aromatic nitrogens is 1. The Morgan fingerprint density at radius 3 is 2.75 bits per heavy atom. The number of hydrogen-bond donors (Lipinski definition) is 2. The normalized spacial score (nSPS) is 11.3. The van der Waals surface area contributed by atoms with Gasteiger partial charge in [-0.2, -0.15) is 0 Å². The first-order valence-electron chi connectivity index (χ1n) is 8.96. The Kier molecular flexibility index (Phi) is 6.67. The van der Waals surface area contributed by atoms with Gasteiger partial charge < -0.3 is 15.3 Å². The first-order chi connectivity index (χ1) is 13.5. The Labute approximate surface area is 173 Å². The summed E-state index contributed by atoms with van der Waals surface area (Å²) in [5.74, 6) is 0.0293. The number of benzene rings is 1. The van der Waals surface area contributed by atoms with Crippen molar-refractivity contribution in [2.75, 3.05) is 29.9 Å². The molecule has 0 atom stereocenters. The standard InChI is InChI=1S/C21H22ClN3O2S/c1-3-11-25(16-6-4-15(22)5-7-16)13-18(27)20-14(2)19-17(23-10-12-26)8-9-24-21(19)28-20/h3-9,11,26H,10,12-13H2,1-2H3,(H,23,24)/b11-3-. The fourth-order valence-corrected chi connectivity index (χ4v) is 4.27. The summed E-state index contributed by atoms with van der Waals surface area (Å²) in [6.07, 6.45) is 5.50. The lowest BCUT2D eigenvalue weighted by Crippen LogP contribution is -2.24. The summed E-state index contributed by atoms with van der Waals surface area (Å²) in [7, 11) is 0. The molecule has 3 aromatic rings. The van der Waals surface area contributed by atoms with Crippen LogP contribution in [0, 0.1) is 6.92 Å². The zero-order valence-electron chi connectivity index (χ0n) is 15.8. The van der Waals surface area contributed by atoms with Crippen LogP contribution in [0.2, 0.25) is 5.02 Å². The van der Waals surface area contributed by atoms with E-state index in [9.17, 15) is 4.79 Å².